The molecular formula is C17H15N3. The molecule has 0 aliphatic heterocycles. The minimum Gasteiger partial charge on any atom is -0.384 e. The predicted molar refractivity (Wildman–Crippen MR) is 81.9 cm³/mol. The van der Waals surface area contributed by atoms with Crippen LogP contribution in [0.3, 0.4) is 0 Å². The number of benzene rings is 2. The first-order valence-corrected chi connectivity index (χ1v) is 6.50. The van der Waals surface area contributed by atoms with E-state index in [0.717, 1.165) is 27.7 Å². The van der Waals surface area contributed by atoms with Gasteiger partial charge >= 0.3 is 0 Å². The lowest BCUT2D eigenvalue weighted by Gasteiger charge is -2.12. The zero-order valence-electron chi connectivity index (χ0n) is 11.5. The highest BCUT2D eigenvalue weighted by Crippen LogP contribution is 2.31. The molecule has 0 atom stereocenters. The number of aromatic nitrogens is 1. The zero-order chi connectivity index (χ0) is 14.3. The molecule has 0 spiro atoms. The molecule has 3 nitrogen and oxygen atoms in total. The number of fused-ring (bicyclic) bond motifs is 1. The number of nitrogens with two attached hydrogens (primary N) is 1. The van der Waals surface area contributed by atoms with Crippen molar-refractivity contribution in [2.75, 3.05) is 5.73 Å². The lowest BCUT2D eigenvalue weighted by molar-refractivity contribution is 1.03. The lowest BCUT2D eigenvalue weighted by Crippen LogP contribution is -2.03. The molecule has 0 saturated carbocycles. The average molecular weight is 261 g/mol. The summed E-state index contributed by atoms with van der Waals surface area (Å²) in [5, 5.41) is 11.5. The van der Waals surface area contributed by atoms with Crippen LogP contribution in [0.25, 0.3) is 16.5 Å². The molecule has 1 aromatic heterocycles. The van der Waals surface area contributed by atoms with Gasteiger partial charge in [0.15, 0.2) is 0 Å². The Balaban J connectivity index is 2.41. The van der Waals surface area contributed by atoms with Crippen molar-refractivity contribution in [2.24, 2.45) is 0 Å². The zero-order valence-corrected chi connectivity index (χ0v) is 11.5. The third-order valence-electron chi connectivity index (χ3n) is 3.87. The van der Waals surface area contributed by atoms with E-state index in [1.807, 2.05) is 42.7 Å². The Morgan fingerprint density at radius 1 is 1.05 bits per heavy atom. The van der Waals surface area contributed by atoms with E-state index in [-0.39, 0.29) is 0 Å². The predicted octanol–water partition coefficient (Wildman–Crippen LogP) is 3.70. The Hall–Kier alpha value is -2.73. The van der Waals surface area contributed by atoms with Gasteiger partial charge in [0.25, 0.3) is 0 Å². The Labute approximate surface area is 117 Å². The third-order valence-corrected chi connectivity index (χ3v) is 3.87. The van der Waals surface area contributed by atoms with Crippen LogP contribution in [0.2, 0.25) is 0 Å². The van der Waals surface area contributed by atoms with E-state index >= 15 is 0 Å². The van der Waals surface area contributed by atoms with E-state index in [0.29, 0.717) is 11.4 Å². The first kappa shape index (κ1) is 12.3. The minimum atomic E-state index is 0.513. The van der Waals surface area contributed by atoms with Crippen LogP contribution in [-0.4, -0.2) is 4.57 Å². The van der Waals surface area contributed by atoms with E-state index in [1.165, 1.54) is 0 Å². The van der Waals surface area contributed by atoms with Crippen molar-refractivity contribution in [1.82, 2.24) is 4.57 Å². The molecule has 0 aliphatic carbocycles. The summed E-state index contributed by atoms with van der Waals surface area (Å²) in [7, 11) is 0. The molecule has 3 heteroatoms. The number of nitrogens with zero attached hydrogens (tertiary/aromatic N) is 2. The second-order valence-electron chi connectivity index (χ2n) is 4.92. The number of anilines is 1. The molecule has 2 N–H and O–H groups in total. The van der Waals surface area contributed by atoms with Gasteiger partial charge in [-0.2, -0.15) is 5.26 Å². The summed E-state index contributed by atoms with van der Waals surface area (Å²) in [5.74, 6) is 0.513. The molecule has 0 aliphatic rings. The SMILES string of the molecule is Cc1c(C#N)c(N)n(-c2cccc3ccccc23)c1C. The molecule has 0 unspecified atom stereocenters. The maximum Gasteiger partial charge on any atom is 0.126 e. The summed E-state index contributed by atoms with van der Waals surface area (Å²) in [6.07, 6.45) is 0. The highest BCUT2D eigenvalue weighted by molar-refractivity contribution is 5.91. The number of hydrogen-bond donors (Lipinski definition) is 1. The average Bonchev–Trinajstić information content (AvgIpc) is 2.68. The number of hydrogen-bond acceptors (Lipinski definition) is 2. The molecule has 0 amide bonds. The Bertz CT molecular complexity index is 845. The maximum absolute atomic E-state index is 9.25. The van der Waals surface area contributed by atoms with Crippen molar-refractivity contribution in [1.29, 1.82) is 5.26 Å². The van der Waals surface area contributed by atoms with E-state index in [1.54, 1.807) is 0 Å². The Morgan fingerprint density at radius 3 is 2.45 bits per heavy atom. The fourth-order valence-corrected chi connectivity index (χ4v) is 2.69. The molecule has 2 aromatic carbocycles. The first-order chi connectivity index (χ1) is 9.65. The topological polar surface area (TPSA) is 54.7 Å². The fourth-order valence-electron chi connectivity index (χ4n) is 2.69. The standard InChI is InChI=1S/C17H15N3/c1-11-12(2)20(17(19)15(11)10-18)16-9-5-7-13-6-3-4-8-14(13)16/h3-9H,19H2,1-2H3. The molecule has 0 saturated heterocycles. The normalized spacial score (nSPS) is 10.7. The molecule has 20 heavy (non-hydrogen) atoms. The first-order valence-electron chi connectivity index (χ1n) is 6.50. The van der Waals surface area contributed by atoms with Gasteiger partial charge in [-0.05, 0) is 30.9 Å². The molecule has 0 fully saturated rings. The highest BCUT2D eigenvalue weighted by Gasteiger charge is 2.17. The van der Waals surface area contributed by atoms with Crippen LogP contribution < -0.4 is 5.73 Å². The van der Waals surface area contributed by atoms with Gasteiger partial charge in [-0.3, -0.25) is 4.57 Å². The summed E-state index contributed by atoms with van der Waals surface area (Å²) in [4.78, 5) is 0. The third kappa shape index (κ3) is 1.59. The van der Waals surface area contributed by atoms with Gasteiger partial charge in [0.05, 0.1) is 11.3 Å². The van der Waals surface area contributed by atoms with Crippen LogP contribution in [0, 0.1) is 25.2 Å². The quantitative estimate of drug-likeness (QED) is 0.726. The van der Waals surface area contributed by atoms with Gasteiger partial charge in [0.2, 0.25) is 0 Å². The van der Waals surface area contributed by atoms with Crippen LogP contribution in [0.1, 0.15) is 16.8 Å². The Kier molecular flexibility index (Phi) is 2.73. The summed E-state index contributed by atoms with van der Waals surface area (Å²) < 4.78 is 1.97. The van der Waals surface area contributed by atoms with Crippen LogP contribution in [0.5, 0.6) is 0 Å². The van der Waals surface area contributed by atoms with E-state index in [9.17, 15) is 5.26 Å². The number of rotatable bonds is 1. The van der Waals surface area contributed by atoms with Crippen molar-refractivity contribution >= 4 is 16.6 Å². The van der Waals surface area contributed by atoms with Crippen LogP contribution in [0.4, 0.5) is 5.82 Å². The van der Waals surface area contributed by atoms with Crippen LogP contribution in [0.15, 0.2) is 42.5 Å². The molecule has 3 rings (SSSR count). The lowest BCUT2D eigenvalue weighted by atomic mass is 10.1. The van der Waals surface area contributed by atoms with Crippen LogP contribution >= 0.6 is 0 Å². The van der Waals surface area contributed by atoms with Crippen molar-refractivity contribution in [3.63, 3.8) is 0 Å². The van der Waals surface area contributed by atoms with Crippen molar-refractivity contribution in [3.05, 3.63) is 59.3 Å². The molecule has 3 aromatic rings. The number of nitriles is 1. The van der Waals surface area contributed by atoms with E-state index in [4.69, 9.17) is 5.73 Å². The van der Waals surface area contributed by atoms with Gasteiger partial charge in [-0.1, -0.05) is 36.4 Å². The number of nitrogen functional groups attached to an aromatic ring is 1. The van der Waals surface area contributed by atoms with E-state index < -0.39 is 0 Å². The highest BCUT2D eigenvalue weighted by atomic mass is 15.1. The Morgan fingerprint density at radius 2 is 1.75 bits per heavy atom. The van der Waals surface area contributed by atoms with Gasteiger partial charge in [-0.15, -0.1) is 0 Å². The van der Waals surface area contributed by atoms with Gasteiger partial charge in [-0.25, -0.2) is 0 Å². The second kappa shape index (κ2) is 4.43. The van der Waals surface area contributed by atoms with E-state index in [2.05, 4.69) is 24.3 Å². The van der Waals surface area contributed by atoms with Crippen molar-refractivity contribution in [2.45, 2.75) is 13.8 Å². The van der Waals surface area contributed by atoms with Crippen LogP contribution in [-0.2, 0) is 0 Å². The smallest absolute Gasteiger partial charge is 0.126 e. The van der Waals surface area contributed by atoms with Gasteiger partial charge in [0, 0.05) is 11.1 Å². The largest absolute Gasteiger partial charge is 0.384 e. The summed E-state index contributed by atoms with van der Waals surface area (Å²) in [5.41, 5.74) is 9.71. The maximum atomic E-state index is 9.25. The fraction of sp³-hybridized carbons (Fsp3) is 0.118. The summed E-state index contributed by atoms with van der Waals surface area (Å²) >= 11 is 0. The molecular weight excluding hydrogens is 246 g/mol. The van der Waals surface area contributed by atoms with Gasteiger partial charge < -0.3 is 5.73 Å². The summed E-state index contributed by atoms with van der Waals surface area (Å²) in [6, 6.07) is 16.5. The minimum absolute atomic E-state index is 0.513. The van der Waals surface area contributed by atoms with Crippen molar-refractivity contribution < 1.29 is 0 Å². The molecule has 1 heterocycles. The molecule has 0 radical (unpaired) electrons. The summed E-state index contributed by atoms with van der Waals surface area (Å²) in [6.45, 7) is 3.93. The second-order valence-corrected chi connectivity index (χ2v) is 4.92. The molecule has 0 bridgehead atoms. The van der Waals surface area contributed by atoms with Crippen molar-refractivity contribution in [3.8, 4) is 11.8 Å². The molecule has 98 valence electrons. The monoisotopic (exact) mass is 261 g/mol. The van der Waals surface area contributed by atoms with Gasteiger partial charge in [0.1, 0.15) is 11.9 Å².